The molecular weight excluding hydrogens is 250 g/mol. The molecule has 0 radical (unpaired) electrons. The third kappa shape index (κ3) is 4.68. The highest BCUT2D eigenvalue weighted by Gasteiger charge is 2.31. The maximum Gasteiger partial charge on any atom is 0.337 e. The number of amides is 2. The summed E-state index contributed by atoms with van der Waals surface area (Å²) in [5.41, 5.74) is -1.94. The van der Waals surface area contributed by atoms with Gasteiger partial charge in [-0.2, -0.15) is 0 Å². The van der Waals surface area contributed by atoms with Crippen molar-refractivity contribution in [3.05, 3.63) is 0 Å². The van der Waals surface area contributed by atoms with E-state index in [0.29, 0.717) is 12.5 Å². The van der Waals surface area contributed by atoms with Crippen molar-refractivity contribution in [1.29, 1.82) is 0 Å². The fourth-order valence-electron chi connectivity index (χ4n) is 2.10. The predicted octanol–water partition coefficient (Wildman–Crippen LogP) is -0.585. The molecule has 1 fully saturated rings. The lowest BCUT2D eigenvalue weighted by molar-refractivity contribution is -0.155. The van der Waals surface area contributed by atoms with Gasteiger partial charge >= 0.3 is 12.0 Å². The monoisotopic (exact) mass is 273 g/mol. The highest BCUT2D eigenvalue weighted by Crippen LogP contribution is 2.15. The van der Waals surface area contributed by atoms with Gasteiger partial charge in [0.25, 0.3) is 0 Å². The van der Waals surface area contributed by atoms with Crippen molar-refractivity contribution in [3.63, 3.8) is 0 Å². The number of hydrogen-bond donors (Lipinski definition) is 3. The quantitative estimate of drug-likeness (QED) is 0.623. The second-order valence-electron chi connectivity index (χ2n) is 5.54. The second-order valence-corrected chi connectivity index (χ2v) is 5.54. The Balaban J connectivity index is 2.35. The zero-order chi connectivity index (χ0) is 14.6. The maximum absolute atomic E-state index is 11.8. The standard InChI is InChI=1S/C12H23N3O4/c1-12(19,10(16)17)8-13-11(18)15(3)7-9-4-5-14(2)6-9/h9,19H,4-8H2,1-3H3,(H,13,18)(H,16,17). The number of carboxylic acids is 1. The summed E-state index contributed by atoms with van der Waals surface area (Å²) in [6.45, 7) is 3.47. The van der Waals surface area contributed by atoms with Crippen LogP contribution in [0.3, 0.4) is 0 Å². The van der Waals surface area contributed by atoms with Crippen LogP contribution < -0.4 is 5.32 Å². The Morgan fingerprint density at radius 2 is 2.16 bits per heavy atom. The van der Waals surface area contributed by atoms with E-state index in [1.807, 2.05) is 7.05 Å². The average Bonchev–Trinajstić information content (AvgIpc) is 2.71. The lowest BCUT2D eigenvalue weighted by Gasteiger charge is -2.24. The molecule has 19 heavy (non-hydrogen) atoms. The summed E-state index contributed by atoms with van der Waals surface area (Å²) >= 11 is 0. The predicted molar refractivity (Wildman–Crippen MR) is 69.9 cm³/mol. The Morgan fingerprint density at radius 1 is 1.53 bits per heavy atom. The zero-order valence-corrected chi connectivity index (χ0v) is 11.7. The smallest absolute Gasteiger partial charge is 0.337 e. The molecule has 2 unspecified atom stereocenters. The molecule has 3 N–H and O–H groups in total. The van der Waals surface area contributed by atoms with Crippen LogP contribution in [0.2, 0.25) is 0 Å². The summed E-state index contributed by atoms with van der Waals surface area (Å²) in [6, 6.07) is -0.365. The molecule has 1 heterocycles. The Kier molecular flexibility index (Phi) is 5.13. The molecule has 0 aromatic carbocycles. The number of urea groups is 1. The zero-order valence-electron chi connectivity index (χ0n) is 11.7. The van der Waals surface area contributed by atoms with Gasteiger partial charge in [0.2, 0.25) is 0 Å². The van der Waals surface area contributed by atoms with Crippen molar-refractivity contribution < 1.29 is 19.8 Å². The molecular formula is C12H23N3O4. The Labute approximate surface area is 113 Å². The van der Waals surface area contributed by atoms with Crippen LogP contribution in [0.1, 0.15) is 13.3 Å². The third-order valence-corrected chi connectivity index (χ3v) is 3.41. The summed E-state index contributed by atoms with van der Waals surface area (Å²) in [7, 11) is 3.72. The van der Waals surface area contributed by atoms with Crippen molar-refractivity contribution in [1.82, 2.24) is 15.1 Å². The van der Waals surface area contributed by atoms with Crippen LogP contribution in [0, 0.1) is 5.92 Å². The number of likely N-dealkylation sites (tertiary alicyclic amines) is 1. The van der Waals surface area contributed by atoms with Crippen molar-refractivity contribution in [3.8, 4) is 0 Å². The summed E-state index contributed by atoms with van der Waals surface area (Å²) in [4.78, 5) is 26.2. The van der Waals surface area contributed by atoms with Gasteiger partial charge in [-0.3, -0.25) is 0 Å². The van der Waals surface area contributed by atoms with E-state index >= 15 is 0 Å². The molecule has 0 aromatic rings. The first-order valence-electron chi connectivity index (χ1n) is 6.35. The third-order valence-electron chi connectivity index (χ3n) is 3.41. The number of hydrogen-bond acceptors (Lipinski definition) is 4. The molecule has 110 valence electrons. The number of nitrogens with one attached hydrogen (secondary N) is 1. The summed E-state index contributed by atoms with van der Waals surface area (Å²) in [6.07, 6.45) is 1.06. The Morgan fingerprint density at radius 3 is 2.63 bits per heavy atom. The summed E-state index contributed by atoms with van der Waals surface area (Å²) < 4.78 is 0. The molecule has 2 amide bonds. The number of aliphatic carboxylic acids is 1. The van der Waals surface area contributed by atoms with Gasteiger partial charge < -0.3 is 25.3 Å². The van der Waals surface area contributed by atoms with Crippen LogP contribution in [0.5, 0.6) is 0 Å². The van der Waals surface area contributed by atoms with Gasteiger partial charge in [0, 0.05) is 20.1 Å². The fraction of sp³-hybridized carbons (Fsp3) is 0.833. The van der Waals surface area contributed by atoms with Crippen LogP contribution in [0.15, 0.2) is 0 Å². The molecule has 2 atom stereocenters. The fourth-order valence-corrected chi connectivity index (χ4v) is 2.10. The molecule has 0 bridgehead atoms. The highest BCUT2D eigenvalue weighted by atomic mass is 16.4. The van der Waals surface area contributed by atoms with Crippen LogP contribution in [0.25, 0.3) is 0 Å². The van der Waals surface area contributed by atoms with E-state index < -0.39 is 11.6 Å². The van der Waals surface area contributed by atoms with E-state index in [-0.39, 0.29) is 12.6 Å². The van der Waals surface area contributed by atoms with Crippen molar-refractivity contribution in [2.24, 2.45) is 5.92 Å². The molecule has 7 heteroatoms. The minimum Gasteiger partial charge on any atom is -0.479 e. The second kappa shape index (κ2) is 6.21. The van der Waals surface area contributed by atoms with Gasteiger partial charge in [0.1, 0.15) is 0 Å². The summed E-state index contributed by atoms with van der Waals surface area (Å²) in [5.74, 6) is -0.909. The Hall–Kier alpha value is -1.34. The van der Waals surface area contributed by atoms with Crippen molar-refractivity contribution in [2.75, 3.05) is 40.3 Å². The number of carbonyl (C=O) groups is 2. The normalized spacial score (nSPS) is 22.8. The van der Waals surface area contributed by atoms with E-state index in [4.69, 9.17) is 5.11 Å². The molecule has 0 spiro atoms. The lowest BCUT2D eigenvalue weighted by Crippen LogP contribution is -2.50. The molecule has 1 saturated heterocycles. The summed E-state index contributed by atoms with van der Waals surface area (Å²) in [5, 5.41) is 20.7. The van der Waals surface area contributed by atoms with E-state index in [9.17, 15) is 14.7 Å². The minimum absolute atomic E-state index is 0.309. The molecule has 0 saturated carbocycles. The Bertz CT molecular complexity index is 346. The molecule has 1 aliphatic heterocycles. The van der Waals surface area contributed by atoms with Gasteiger partial charge in [-0.15, -0.1) is 0 Å². The largest absolute Gasteiger partial charge is 0.479 e. The van der Waals surface area contributed by atoms with Crippen LogP contribution in [-0.4, -0.2) is 77.9 Å². The number of aliphatic hydroxyl groups is 1. The van der Waals surface area contributed by atoms with Crippen molar-refractivity contribution in [2.45, 2.75) is 18.9 Å². The average molecular weight is 273 g/mol. The molecule has 7 nitrogen and oxygen atoms in total. The maximum atomic E-state index is 11.8. The van der Waals surface area contributed by atoms with Gasteiger partial charge in [0.15, 0.2) is 5.60 Å². The number of carboxylic acid groups (broad SMARTS) is 1. The van der Waals surface area contributed by atoms with Gasteiger partial charge in [-0.1, -0.05) is 0 Å². The van der Waals surface area contributed by atoms with Crippen LogP contribution in [-0.2, 0) is 4.79 Å². The van der Waals surface area contributed by atoms with E-state index in [2.05, 4.69) is 10.2 Å². The topological polar surface area (TPSA) is 93.1 Å². The number of rotatable bonds is 5. The van der Waals surface area contributed by atoms with Gasteiger partial charge in [0.05, 0.1) is 6.54 Å². The van der Waals surface area contributed by atoms with Crippen LogP contribution in [0.4, 0.5) is 4.79 Å². The molecule has 1 aliphatic rings. The minimum atomic E-state index is -1.94. The SMILES string of the molecule is CN1CCC(CN(C)C(=O)NCC(C)(O)C(=O)O)C1. The van der Waals surface area contributed by atoms with Crippen molar-refractivity contribution >= 4 is 12.0 Å². The first kappa shape index (κ1) is 15.7. The first-order valence-corrected chi connectivity index (χ1v) is 6.35. The van der Waals surface area contributed by atoms with Gasteiger partial charge in [-0.05, 0) is 32.9 Å². The first-order chi connectivity index (χ1) is 8.72. The number of nitrogens with zero attached hydrogens (tertiary/aromatic N) is 2. The van der Waals surface area contributed by atoms with Gasteiger partial charge in [-0.25, -0.2) is 9.59 Å². The van der Waals surface area contributed by atoms with E-state index in [0.717, 1.165) is 26.4 Å². The molecule has 0 aliphatic carbocycles. The lowest BCUT2D eigenvalue weighted by atomic mass is 10.1. The van der Waals surface area contributed by atoms with E-state index in [1.54, 1.807) is 7.05 Å². The molecule has 1 rings (SSSR count). The molecule has 0 aromatic heterocycles. The highest BCUT2D eigenvalue weighted by molar-refractivity contribution is 5.79. The number of carbonyl (C=O) groups excluding carboxylic acids is 1. The van der Waals surface area contributed by atoms with E-state index in [1.165, 1.54) is 4.90 Å². The van der Waals surface area contributed by atoms with Crippen LogP contribution >= 0.6 is 0 Å².